The summed E-state index contributed by atoms with van der Waals surface area (Å²) in [4.78, 5) is 0. The minimum absolute atomic E-state index is 0.625. The van der Waals surface area contributed by atoms with Crippen LogP contribution in [0.15, 0.2) is 78.9 Å². The van der Waals surface area contributed by atoms with E-state index in [1.807, 2.05) is 0 Å². The van der Waals surface area contributed by atoms with Crippen LogP contribution in [0.25, 0.3) is 33.6 Å². The molecule has 1 saturated carbocycles. The minimum atomic E-state index is -6.00. The molecule has 0 spiro atoms. The average Bonchev–Trinajstić information content (AvgIpc) is 2.86. The zero-order valence-electron chi connectivity index (χ0n) is 20.6. The quantitative estimate of drug-likeness (QED) is 0.148. The van der Waals surface area contributed by atoms with Crippen molar-refractivity contribution in [3.63, 3.8) is 0 Å². The lowest BCUT2D eigenvalue weighted by Gasteiger charge is -2.33. The summed E-state index contributed by atoms with van der Waals surface area (Å²) >= 11 is 0. The number of fused-ring (bicyclic) bond motifs is 6. The Morgan fingerprint density at radius 3 is 1.51 bits per heavy atom. The largest absolute Gasteiger partial charge is 0.673 e. The molecule has 0 bridgehead atoms. The van der Waals surface area contributed by atoms with E-state index in [9.17, 15) is 17.3 Å². The fourth-order valence-corrected chi connectivity index (χ4v) is 6.31. The summed E-state index contributed by atoms with van der Waals surface area (Å²) in [6.07, 6.45) is 8.52. The first-order chi connectivity index (χ1) is 17.9. The second-order valence-electron chi connectivity index (χ2n) is 10.2. The molecule has 0 aliphatic heterocycles. The van der Waals surface area contributed by atoms with Crippen molar-refractivity contribution in [2.45, 2.75) is 51.0 Å². The second kappa shape index (κ2) is 9.48. The maximum absolute atomic E-state index is 9.75. The molecule has 1 heterocycles. The summed E-state index contributed by atoms with van der Waals surface area (Å²) in [5.74, 6) is 0. The normalized spacial score (nSPS) is 15.8. The zero-order chi connectivity index (χ0) is 25.6. The van der Waals surface area contributed by atoms with E-state index in [0.717, 1.165) is 25.7 Å². The highest BCUT2D eigenvalue weighted by Gasteiger charge is 2.42. The maximum Gasteiger partial charge on any atom is 0.673 e. The molecule has 1 nitrogen and oxygen atoms in total. The van der Waals surface area contributed by atoms with Crippen LogP contribution in [0, 0.1) is 0 Å². The third-order valence-corrected chi connectivity index (χ3v) is 7.99. The van der Waals surface area contributed by atoms with Crippen molar-refractivity contribution in [3.8, 4) is 33.6 Å². The molecule has 3 aliphatic carbocycles. The number of rotatable bonds is 2. The Kier molecular flexibility index (Phi) is 6.14. The van der Waals surface area contributed by atoms with Crippen LogP contribution in [0.3, 0.4) is 0 Å². The van der Waals surface area contributed by atoms with Crippen LogP contribution >= 0.6 is 0 Å². The van der Waals surface area contributed by atoms with Gasteiger partial charge in [-0.05, 0) is 60.9 Å². The van der Waals surface area contributed by atoms with E-state index in [2.05, 4.69) is 83.4 Å². The fourth-order valence-electron chi connectivity index (χ4n) is 6.31. The van der Waals surface area contributed by atoms with Crippen molar-refractivity contribution in [2.24, 2.45) is 0 Å². The van der Waals surface area contributed by atoms with Gasteiger partial charge in [0.1, 0.15) is 0 Å². The molecule has 37 heavy (non-hydrogen) atoms. The highest BCUT2D eigenvalue weighted by molar-refractivity contribution is 6.50. The maximum atomic E-state index is 9.75. The first-order valence-corrected chi connectivity index (χ1v) is 13.1. The van der Waals surface area contributed by atoms with Crippen LogP contribution in [0.5, 0.6) is 0 Å². The van der Waals surface area contributed by atoms with Gasteiger partial charge in [-0.2, -0.15) is 4.57 Å². The number of aromatic nitrogens is 1. The fraction of sp³-hybridized carbons (Fsp3) is 0.258. The molecule has 0 N–H and O–H groups in total. The van der Waals surface area contributed by atoms with Gasteiger partial charge in [0.25, 0.3) is 0 Å². The average molecular weight is 501 g/mol. The van der Waals surface area contributed by atoms with Gasteiger partial charge < -0.3 is 17.3 Å². The Balaban J connectivity index is 0.000000463. The van der Waals surface area contributed by atoms with Crippen molar-refractivity contribution < 1.29 is 21.8 Å². The van der Waals surface area contributed by atoms with Gasteiger partial charge in [-0.25, -0.2) is 0 Å². The molecular weight excluding hydrogens is 473 g/mol. The van der Waals surface area contributed by atoms with Gasteiger partial charge >= 0.3 is 7.25 Å². The Morgan fingerprint density at radius 1 is 0.595 bits per heavy atom. The number of pyridine rings is 1. The predicted octanol–water partition coefficient (Wildman–Crippen LogP) is 8.20. The third kappa shape index (κ3) is 4.47. The van der Waals surface area contributed by atoms with Crippen LogP contribution in [0.2, 0.25) is 0 Å². The Morgan fingerprint density at radius 2 is 1.05 bits per heavy atom. The molecule has 7 rings (SSSR count). The zero-order valence-corrected chi connectivity index (χ0v) is 20.6. The summed E-state index contributed by atoms with van der Waals surface area (Å²) in [6, 6.07) is 30.1. The molecule has 3 aromatic carbocycles. The van der Waals surface area contributed by atoms with Gasteiger partial charge in [-0.1, -0.05) is 66.7 Å². The molecule has 4 aromatic rings. The number of aryl methyl sites for hydroxylation is 2. The minimum Gasteiger partial charge on any atom is -0.418 e. The standard InChI is InChI=1S/C31H28N.BF4/c1-2-11-23(12-3-1)29-27-19-17-21-9-4-6-15-25(21)30(27)32(24-13-8-14-24)31-26-16-7-5-10-22(26)18-20-28(29)31;2-1(3,4)5/h1-7,9-12,15-16,24H,8,13-14,17-20H2;/q+1;-1. The molecular formula is C31H28BF4N. The molecule has 0 unspecified atom stereocenters. The predicted molar refractivity (Wildman–Crippen MR) is 141 cm³/mol. The summed E-state index contributed by atoms with van der Waals surface area (Å²) in [5, 5.41) is 0. The molecule has 3 aliphatic rings. The van der Waals surface area contributed by atoms with Gasteiger partial charge in [-0.15, -0.1) is 0 Å². The highest BCUT2D eigenvalue weighted by Crippen LogP contribution is 2.46. The van der Waals surface area contributed by atoms with Crippen LogP contribution in [0.1, 0.15) is 47.6 Å². The van der Waals surface area contributed by atoms with E-state index in [0.29, 0.717) is 6.04 Å². The van der Waals surface area contributed by atoms with E-state index in [1.165, 1.54) is 64.0 Å². The van der Waals surface area contributed by atoms with Crippen molar-refractivity contribution in [3.05, 3.63) is 101 Å². The lowest BCUT2D eigenvalue weighted by Crippen LogP contribution is -2.50. The lowest BCUT2D eigenvalue weighted by atomic mass is 9.76. The summed E-state index contributed by atoms with van der Waals surface area (Å²) in [7, 11) is -6.00. The Bertz CT molecular complexity index is 1380. The van der Waals surface area contributed by atoms with Gasteiger partial charge in [0.05, 0.1) is 0 Å². The van der Waals surface area contributed by atoms with Crippen molar-refractivity contribution in [1.82, 2.24) is 0 Å². The van der Waals surface area contributed by atoms with E-state index >= 15 is 0 Å². The highest BCUT2D eigenvalue weighted by atomic mass is 19.5. The van der Waals surface area contributed by atoms with Crippen LogP contribution < -0.4 is 4.57 Å². The van der Waals surface area contributed by atoms with E-state index in [1.54, 1.807) is 11.1 Å². The molecule has 0 radical (unpaired) electrons. The van der Waals surface area contributed by atoms with E-state index < -0.39 is 7.25 Å². The van der Waals surface area contributed by atoms with Crippen LogP contribution in [0.4, 0.5) is 17.3 Å². The van der Waals surface area contributed by atoms with Crippen LogP contribution in [-0.2, 0) is 25.7 Å². The first-order valence-electron chi connectivity index (χ1n) is 13.1. The lowest BCUT2D eigenvalue weighted by molar-refractivity contribution is -0.713. The molecule has 188 valence electrons. The molecule has 1 aromatic heterocycles. The van der Waals surface area contributed by atoms with Gasteiger partial charge in [0, 0.05) is 40.7 Å². The van der Waals surface area contributed by atoms with E-state index in [4.69, 9.17) is 0 Å². The van der Waals surface area contributed by atoms with Crippen molar-refractivity contribution in [1.29, 1.82) is 0 Å². The Labute approximate surface area is 214 Å². The molecule has 0 atom stereocenters. The van der Waals surface area contributed by atoms with Gasteiger partial charge in [-0.3, -0.25) is 0 Å². The topological polar surface area (TPSA) is 3.88 Å². The SMILES string of the molecule is F[B-](F)(F)F.c1ccc(-c2c3c([n+](C4CCC4)c4c2CCc2ccccc2-4)-c2ccccc2CC3)cc1. The van der Waals surface area contributed by atoms with Gasteiger partial charge in [0.2, 0.25) is 11.4 Å². The van der Waals surface area contributed by atoms with Crippen molar-refractivity contribution >= 4 is 7.25 Å². The number of benzene rings is 3. The number of halogens is 4. The molecule has 0 saturated heterocycles. The summed E-state index contributed by atoms with van der Waals surface area (Å²) in [5.41, 5.74) is 15.0. The number of hydrogen-bond donors (Lipinski definition) is 0. The molecule has 1 fully saturated rings. The third-order valence-electron chi connectivity index (χ3n) is 7.99. The van der Waals surface area contributed by atoms with Crippen LogP contribution in [-0.4, -0.2) is 7.25 Å². The number of hydrogen-bond acceptors (Lipinski definition) is 0. The monoisotopic (exact) mass is 501 g/mol. The summed E-state index contributed by atoms with van der Waals surface area (Å²) < 4.78 is 41.8. The first kappa shape index (κ1) is 24.0. The smallest absolute Gasteiger partial charge is 0.418 e. The van der Waals surface area contributed by atoms with Crippen molar-refractivity contribution in [2.75, 3.05) is 0 Å². The summed E-state index contributed by atoms with van der Waals surface area (Å²) in [6.45, 7) is 0. The Hall–Kier alpha value is -3.41. The second-order valence-corrected chi connectivity index (χ2v) is 10.2. The van der Waals surface area contributed by atoms with E-state index in [-0.39, 0.29) is 0 Å². The number of nitrogens with zero attached hydrogens (tertiary/aromatic N) is 1. The molecule has 6 heteroatoms. The van der Waals surface area contributed by atoms with Gasteiger partial charge in [0.15, 0.2) is 6.04 Å². The molecule has 0 amide bonds.